The molecule has 0 spiro atoms. The van der Waals surface area contributed by atoms with Gasteiger partial charge in [-0.2, -0.15) is 5.10 Å². The fourth-order valence-electron chi connectivity index (χ4n) is 1.15. The third-order valence-corrected chi connectivity index (χ3v) is 2.19. The van der Waals surface area contributed by atoms with E-state index in [1.54, 1.807) is 10.7 Å². The zero-order valence-electron chi connectivity index (χ0n) is 6.66. The molecule has 0 aromatic carbocycles. The van der Waals surface area contributed by atoms with Gasteiger partial charge in [-0.1, -0.05) is 6.92 Å². The van der Waals surface area contributed by atoms with E-state index >= 15 is 0 Å². The molecule has 0 radical (unpaired) electrons. The van der Waals surface area contributed by atoms with Gasteiger partial charge in [0, 0.05) is 18.0 Å². The van der Waals surface area contributed by atoms with E-state index in [-0.39, 0.29) is 0 Å². The van der Waals surface area contributed by atoms with Crippen molar-refractivity contribution in [3.63, 3.8) is 0 Å². The molecule has 2 aromatic rings. The number of aromatic nitrogens is 3. The molecule has 2 rings (SSSR count). The van der Waals surface area contributed by atoms with Crippen LogP contribution in [0, 0.1) is 0 Å². The van der Waals surface area contributed by atoms with Gasteiger partial charge in [0.1, 0.15) is 0 Å². The molecular weight excluding hydrogens is 218 g/mol. The SMILES string of the molecule is CCc1cnn2cc(Br)cnc12. The van der Waals surface area contributed by atoms with Crippen LogP contribution < -0.4 is 0 Å². The molecule has 12 heavy (non-hydrogen) atoms. The van der Waals surface area contributed by atoms with E-state index in [0.717, 1.165) is 16.5 Å². The lowest BCUT2D eigenvalue weighted by Crippen LogP contribution is -1.89. The quantitative estimate of drug-likeness (QED) is 0.744. The molecular formula is C8H8BrN3. The zero-order valence-corrected chi connectivity index (χ0v) is 8.24. The third kappa shape index (κ3) is 1.12. The number of aryl methyl sites for hydroxylation is 1. The summed E-state index contributed by atoms with van der Waals surface area (Å²) in [6.45, 7) is 2.10. The highest BCUT2D eigenvalue weighted by Crippen LogP contribution is 2.12. The molecule has 0 bridgehead atoms. The van der Waals surface area contributed by atoms with Crippen LogP contribution in [0.2, 0.25) is 0 Å². The lowest BCUT2D eigenvalue weighted by atomic mass is 10.3. The summed E-state index contributed by atoms with van der Waals surface area (Å²) < 4.78 is 2.73. The molecule has 3 nitrogen and oxygen atoms in total. The Kier molecular flexibility index (Phi) is 1.84. The van der Waals surface area contributed by atoms with Crippen molar-refractivity contribution in [3.05, 3.63) is 28.6 Å². The van der Waals surface area contributed by atoms with E-state index in [9.17, 15) is 0 Å². The molecule has 0 fully saturated rings. The van der Waals surface area contributed by atoms with Crippen LogP contribution in [0.4, 0.5) is 0 Å². The van der Waals surface area contributed by atoms with Crippen molar-refractivity contribution in [2.75, 3.05) is 0 Å². The van der Waals surface area contributed by atoms with Crippen LogP contribution in [-0.4, -0.2) is 14.6 Å². The predicted molar refractivity (Wildman–Crippen MR) is 50.1 cm³/mol. The first-order valence-electron chi connectivity index (χ1n) is 3.79. The molecule has 0 aliphatic rings. The average molecular weight is 226 g/mol. The van der Waals surface area contributed by atoms with E-state index in [1.165, 1.54) is 5.56 Å². The van der Waals surface area contributed by atoms with E-state index in [2.05, 4.69) is 32.9 Å². The van der Waals surface area contributed by atoms with Gasteiger partial charge in [-0.3, -0.25) is 0 Å². The smallest absolute Gasteiger partial charge is 0.158 e. The summed E-state index contributed by atoms with van der Waals surface area (Å²) in [4.78, 5) is 4.27. The second kappa shape index (κ2) is 2.86. The second-order valence-electron chi connectivity index (χ2n) is 2.56. The highest BCUT2D eigenvalue weighted by atomic mass is 79.9. The first-order valence-corrected chi connectivity index (χ1v) is 4.58. The molecule has 0 N–H and O–H groups in total. The van der Waals surface area contributed by atoms with E-state index in [1.807, 2.05) is 12.4 Å². The standard InChI is InChI=1S/C8H8BrN3/c1-2-6-3-11-12-5-7(9)4-10-8(6)12/h3-5H,2H2,1H3. The van der Waals surface area contributed by atoms with E-state index in [0.29, 0.717) is 0 Å². The van der Waals surface area contributed by atoms with Crippen LogP contribution in [0.5, 0.6) is 0 Å². The Morgan fingerprint density at radius 1 is 1.50 bits per heavy atom. The summed E-state index contributed by atoms with van der Waals surface area (Å²) in [6.07, 6.45) is 6.52. The van der Waals surface area contributed by atoms with Gasteiger partial charge in [0.15, 0.2) is 5.65 Å². The second-order valence-corrected chi connectivity index (χ2v) is 3.48. The minimum Gasteiger partial charge on any atom is -0.236 e. The van der Waals surface area contributed by atoms with Crippen molar-refractivity contribution >= 4 is 21.6 Å². The molecule has 4 heteroatoms. The maximum Gasteiger partial charge on any atom is 0.158 e. The lowest BCUT2D eigenvalue weighted by Gasteiger charge is -1.94. The van der Waals surface area contributed by atoms with Gasteiger partial charge in [0.25, 0.3) is 0 Å². The third-order valence-electron chi connectivity index (χ3n) is 1.78. The Hall–Kier alpha value is -0.900. The highest BCUT2D eigenvalue weighted by molar-refractivity contribution is 9.10. The Labute approximate surface area is 78.6 Å². The van der Waals surface area contributed by atoms with Crippen LogP contribution in [-0.2, 0) is 6.42 Å². The van der Waals surface area contributed by atoms with E-state index in [4.69, 9.17) is 0 Å². The molecule has 2 heterocycles. The van der Waals surface area contributed by atoms with E-state index < -0.39 is 0 Å². The summed E-state index contributed by atoms with van der Waals surface area (Å²) in [5.41, 5.74) is 2.13. The monoisotopic (exact) mass is 225 g/mol. The fourth-order valence-corrected chi connectivity index (χ4v) is 1.45. The van der Waals surface area contributed by atoms with Crippen molar-refractivity contribution < 1.29 is 0 Å². The van der Waals surface area contributed by atoms with Gasteiger partial charge >= 0.3 is 0 Å². The fraction of sp³-hybridized carbons (Fsp3) is 0.250. The Morgan fingerprint density at radius 3 is 3.08 bits per heavy atom. The molecule has 0 aliphatic carbocycles. The van der Waals surface area contributed by atoms with Crippen LogP contribution >= 0.6 is 15.9 Å². The molecule has 0 amide bonds. The van der Waals surface area contributed by atoms with Gasteiger partial charge in [0.2, 0.25) is 0 Å². The number of hydrogen-bond donors (Lipinski definition) is 0. The predicted octanol–water partition coefficient (Wildman–Crippen LogP) is 2.05. The molecule has 2 aromatic heterocycles. The minimum absolute atomic E-state index is 0.945. The van der Waals surface area contributed by atoms with Crippen LogP contribution in [0.1, 0.15) is 12.5 Å². The molecule has 0 saturated heterocycles. The summed E-state index contributed by atoms with van der Waals surface area (Å²) in [7, 11) is 0. The minimum atomic E-state index is 0.945. The van der Waals surface area contributed by atoms with Gasteiger partial charge in [-0.25, -0.2) is 9.50 Å². The molecule has 0 aliphatic heterocycles. The van der Waals surface area contributed by atoms with Gasteiger partial charge in [0.05, 0.1) is 10.7 Å². The average Bonchev–Trinajstić information content (AvgIpc) is 2.46. The number of hydrogen-bond acceptors (Lipinski definition) is 2. The summed E-state index contributed by atoms with van der Waals surface area (Å²) in [5, 5.41) is 4.17. The number of halogens is 1. The topological polar surface area (TPSA) is 30.2 Å². The summed E-state index contributed by atoms with van der Waals surface area (Å²) >= 11 is 3.34. The van der Waals surface area contributed by atoms with Gasteiger partial charge in [-0.15, -0.1) is 0 Å². The van der Waals surface area contributed by atoms with Crippen molar-refractivity contribution in [2.45, 2.75) is 13.3 Å². The van der Waals surface area contributed by atoms with Crippen molar-refractivity contribution in [1.82, 2.24) is 14.6 Å². The van der Waals surface area contributed by atoms with Crippen LogP contribution in [0.15, 0.2) is 23.1 Å². The number of fused-ring (bicyclic) bond motifs is 1. The van der Waals surface area contributed by atoms with Gasteiger partial charge in [-0.05, 0) is 22.4 Å². The Morgan fingerprint density at radius 2 is 2.33 bits per heavy atom. The van der Waals surface area contributed by atoms with Crippen molar-refractivity contribution in [2.24, 2.45) is 0 Å². The summed E-state index contributed by atoms with van der Waals surface area (Å²) in [6, 6.07) is 0. The van der Waals surface area contributed by atoms with Crippen molar-refractivity contribution in [3.8, 4) is 0 Å². The Balaban J connectivity index is 2.73. The summed E-state index contributed by atoms with van der Waals surface area (Å²) in [5.74, 6) is 0. The van der Waals surface area contributed by atoms with Crippen LogP contribution in [0.3, 0.4) is 0 Å². The number of nitrogens with zero attached hydrogens (tertiary/aromatic N) is 3. The normalized spacial score (nSPS) is 10.8. The molecule has 0 atom stereocenters. The van der Waals surface area contributed by atoms with Crippen molar-refractivity contribution in [1.29, 1.82) is 0 Å². The molecule has 0 unspecified atom stereocenters. The van der Waals surface area contributed by atoms with Gasteiger partial charge < -0.3 is 0 Å². The molecule has 0 saturated carbocycles. The largest absolute Gasteiger partial charge is 0.236 e. The van der Waals surface area contributed by atoms with Crippen LogP contribution in [0.25, 0.3) is 5.65 Å². The Bertz CT molecular complexity index is 408. The first-order chi connectivity index (χ1) is 5.81. The highest BCUT2D eigenvalue weighted by Gasteiger charge is 2.02. The lowest BCUT2D eigenvalue weighted by molar-refractivity contribution is 0.933. The molecule has 62 valence electrons. The number of rotatable bonds is 1. The zero-order chi connectivity index (χ0) is 8.55. The first kappa shape index (κ1) is 7.73. The maximum absolute atomic E-state index is 4.27. The maximum atomic E-state index is 4.27.